The monoisotopic (exact) mass is 144 g/mol. The topological polar surface area (TPSA) is 34.1 Å². The molecular weight excluding hydrogens is 139 g/mol. The molecule has 1 atom stereocenters. The van der Waals surface area contributed by atoms with Crippen molar-refractivity contribution in [1.29, 1.82) is 0 Å². The maximum atomic E-state index is 9.84. The Morgan fingerprint density at radius 2 is 1.83 bits per heavy atom. The second kappa shape index (κ2) is 2.15. The number of hydrogen-bond acceptors (Lipinski definition) is 2. The molecule has 0 aliphatic rings. The van der Waals surface area contributed by atoms with Crippen LogP contribution in [-0.4, -0.2) is 13.9 Å². The Bertz CT molecular complexity index is 114. The molecule has 0 aromatic carbocycles. The average Bonchev–Trinajstić information content (AvgIpc) is 1.35. The quantitative estimate of drug-likeness (QED) is 0.321. The van der Waals surface area contributed by atoms with Gasteiger partial charge in [0, 0.05) is 0 Å². The first-order valence-corrected chi connectivity index (χ1v) is 4.73. The Morgan fingerprint density at radius 3 is 1.83 bits per heavy atom. The molecule has 1 unspecified atom stereocenters. The van der Waals surface area contributed by atoms with Crippen LogP contribution in [0.5, 0.6) is 0 Å². The second-order valence-electron chi connectivity index (χ2n) is 0.749. The summed E-state index contributed by atoms with van der Waals surface area (Å²) in [5.74, 6) is 0. The summed E-state index contributed by atoms with van der Waals surface area (Å²) in [5, 5.41) is 0. The van der Waals surface area contributed by atoms with E-state index in [1.165, 1.54) is 0 Å². The van der Waals surface area contributed by atoms with Crippen molar-refractivity contribution in [2.24, 2.45) is 0 Å². The van der Waals surface area contributed by atoms with Gasteiger partial charge in [-0.1, -0.05) is 0 Å². The molecule has 0 saturated carbocycles. The maximum absolute atomic E-state index is 9.84. The van der Waals surface area contributed by atoms with Crippen molar-refractivity contribution in [3.05, 3.63) is 0 Å². The van der Waals surface area contributed by atoms with Gasteiger partial charge in [0.1, 0.15) is 0 Å². The molecule has 6 heavy (non-hydrogen) atoms. The Morgan fingerprint density at radius 1 is 1.67 bits per heavy atom. The van der Waals surface area contributed by atoms with Gasteiger partial charge in [-0.15, -0.1) is 9.24 Å². The summed E-state index contributed by atoms with van der Waals surface area (Å²) >= 11 is 3.21. The summed E-state index contributed by atoms with van der Waals surface area (Å²) in [5.41, 5.74) is 0.0239. The van der Waals surface area contributed by atoms with Gasteiger partial charge >= 0.3 is 0 Å². The predicted octanol–water partition coefficient (Wildman–Crippen LogP) is 0.0786. The highest BCUT2D eigenvalue weighted by atomic mass is 33.1. The Labute approximate surface area is 44.2 Å². The summed E-state index contributed by atoms with van der Waals surface area (Å²) < 4.78 is 19.7. The molecular formula is CH5O2PS2. The Hall–Kier alpha value is 0.730. The summed E-state index contributed by atoms with van der Waals surface area (Å²) in [6, 6.07) is 0. The molecule has 0 amide bonds. The van der Waals surface area contributed by atoms with Crippen molar-refractivity contribution in [1.82, 2.24) is 0 Å². The van der Waals surface area contributed by atoms with Crippen molar-refractivity contribution in [3.8, 4) is 0 Å². The third-order valence-corrected chi connectivity index (χ3v) is 3.24. The summed E-state index contributed by atoms with van der Waals surface area (Å²) in [4.78, 5) is 0. The highest BCUT2D eigenvalue weighted by Gasteiger charge is 1.92. The van der Waals surface area contributed by atoms with E-state index < -0.39 is 8.87 Å². The van der Waals surface area contributed by atoms with Crippen LogP contribution >= 0.6 is 20.9 Å². The Balaban J connectivity index is 3.85. The van der Waals surface area contributed by atoms with Crippen LogP contribution in [0, 0.1) is 0 Å². The van der Waals surface area contributed by atoms with Crippen molar-refractivity contribution in [3.63, 3.8) is 0 Å². The lowest BCUT2D eigenvalue weighted by atomic mass is 11.9. The molecule has 2 nitrogen and oxygen atoms in total. The van der Waals surface area contributed by atoms with Crippen LogP contribution in [0.4, 0.5) is 0 Å². The molecule has 5 heteroatoms. The van der Waals surface area contributed by atoms with E-state index in [0.29, 0.717) is 0 Å². The van der Waals surface area contributed by atoms with E-state index in [1.807, 2.05) is 0 Å². The van der Waals surface area contributed by atoms with E-state index in [2.05, 4.69) is 20.9 Å². The minimum absolute atomic E-state index is 0.0239. The molecule has 0 rings (SSSR count). The average molecular weight is 144 g/mol. The van der Waals surface area contributed by atoms with Gasteiger partial charge in [0.05, 0.1) is 5.49 Å². The minimum Gasteiger partial charge on any atom is -0.217 e. The highest BCUT2D eigenvalue weighted by Crippen LogP contribution is 1.97. The number of thiol groups is 1. The van der Waals surface area contributed by atoms with Crippen LogP contribution in [0.25, 0.3) is 0 Å². The van der Waals surface area contributed by atoms with Crippen LogP contribution in [-0.2, 0) is 8.87 Å². The first kappa shape index (κ1) is 6.73. The lowest BCUT2D eigenvalue weighted by Crippen LogP contribution is -1.85. The van der Waals surface area contributed by atoms with Gasteiger partial charge in [0.2, 0.25) is 8.87 Å². The lowest BCUT2D eigenvalue weighted by Gasteiger charge is -1.79. The SMILES string of the molecule is O=S(=O)(S)CP. The lowest BCUT2D eigenvalue weighted by molar-refractivity contribution is 0.615. The van der Waals surface area contributed by atoms with Crippen molar-refractivity contribution >= 4 is 29.8 Å². The van der Waals surface area contributed by atoms with Crippen molar-refractivity contribution < 1.29 is 8.42 Å². The smallest absolute Gasteiger partial charge is 0.202 e. The zero-order chi connectivity index (χ0) is 5.21. The first-order chi connectivity index (χ1) is 2.56. The maximum Gasteiger partial charge on any atom is 0.202 e. The van der Waals surface area contributed by atoms with Crippen molar-refractivity contribution in [2.45, 2.75) is 0 Å². The zero-order valence-corrected chi connectivity index (χ0v) is 5.82. The number of rotatable bonds is 1. The van der Waals surface area contributed by atoms with E-state index >= 15 is 0 Å². The largest absolute Gasteiger partial charge is 0.217 e. The molecule has 0 bridgehead atoms. The molecule has 0 aromatic heterocycles. The fraction of sp³-hybridized carbons (Fsp3) is 1.00. The van der Waals surface area contributed by atoms with Crippen LogP contribution < -0.4 is 0 Å². The molecule has 0 spiro atoms. The van der Waals surface area contributed by atoms with Gasteiger partial charge in [-0.25, -0.2) is 8.42 Å². The molecule has 0 aliphatic carbocycles. The van der Waals surface area contributed by atoms with E-state index in [9.17, 15) is 8.42 Å². The molecule has 0 N–H and O–H groups in total. The standard InChI is InChI=1S/CH5O2PS2/c2-6(3,5)1-4/h1,4H2,(H,2,3,5). The predicted molar refractivity (Wildman–Crippen MR) is 32.5 cm³/mol. The van der Waals surface area contributed by atoms with Crippen molar-refractivity contribution in [2.75, 3.05) is 5.49 Å². The van der Waals surface area contributed by atoms with E-state index in [1.54, 1.807) is 0 Å². The van der Waals surface area contributed by atoms with Gasteiger partial charge in [0.15, 0.2) is 0 Å². The van der Waals surface area contributed by atoms with Crippen LogP contribution in [0.1, 0.15) is 0 Å². The highest BCUT2D eigenvalue weighted by molar-refractivity contribution is 8.64. The Kier molecular flexibility index (Phi) is 2.41. The van der Waals surface area contributed by atoms with Gasteiger partial charge in [-0.2, -0.15) is 0 Å². The molecule has 0 saturated heterocycles. The fourth-order valence-electron chi connectivity index (χ4n) is 0. The van der Waals surface area contributed by atoms with Crippen LogP contribution in [0.2, 0.25) is 0 Å². The summed E-state index contributed by atoms with van der Waals surface area (Å²) in [6.45, 7) is 0. The molecule has 0 heterocycles. The van der Waals surface area contributed by atoms with Crippen LogP contribution in [0.15, 0.2) is 0 Å². The molecule has 38 valence electrons. The van der Waals surface area contributed by atoms with Gasteiger partial charge < -0.3 is 0 Å². The second-order valence-corrected chi connectivity index (χ2v) is 4.91. The van der Waals surface area contributed by atoms with Gasteiger partial charge in [0.25, 0.3) is 0 Å². The molecule has 0 aliphatic heterocycles. The van der Waals surface area contributed by atoms with Gasteiger partial charge in [-0.05, 0) is 11.7 Å². The molecule has 0 aromatic rings. The minimum atomic E-state index is -3.00. The summed E-state index contributed by atoms with van der Waals surface area (Å²) in [7, 11) is -0.944. The summed E-state index contributed by atoms with van der Waals surface area (Å²) in [6.07, 6.45) is 0. The zero-order valence-electron chi connectivity index (χ0n) is 2.96. The van der Waals surface area contributed by atoms with Gasteiger partial charge in [-0.3, -0.25) is 0 Å². The normalized spacial score (nSPS) is 11.7. The molecule has 0 fully saturated rings. The van der Waals surface area contributed by atoms with Crippen LogP contribution in [0.3, 0.4) is 0 Å². The first-order valence-electron chi connectivity index (χ1n) is 1.21. The molecule has 0 radical (unpaired) electrons. The third-order valence-electron chi connectivity index (χ3n) is 0.211. The van der Waals surface area contributed by atoms with E-state index in [0.717, 1.165) is 0 Å². The third kappa shape index (κ3) is 4.73. The number of hydrogen-bond donors (Lipinski definition) is 1. The van der Waals surface area contributed by atoms with E-state index in [4.69, 9.17) is 0 Å². The van der Waals surface area contributed by atoms with E-state index in [-0.39, 0.29) is 5.49 Å². The fourth-order valence-corrected chi connectivity index (χ4v) is 0.